The molecule has 0 fully saturated rings. The van der Waals surface area contributed by atoms with Crippen molar-refractivity contribution in [3.8, 4) is 0 Å². The first-order valence-corrected chi connectivity index (χ1v) is 5.51. The fraction of sp³-hybridized carbons (Fsp3) is 0.400. The van der Waals surface area contributed by atoms with E-state index in [9.17, 15) is 5.11 Å². The van der Waals surface area contributed by atoms with Crippen LogP contribution in [0, 0.1) is 0 Å². The maximum atomic E-state index is 9.70. The van der Waals surface area contributed by atoms with Crippen LogP contribution in [0.3, 0.4) is 0 Å². The molecule has 4 heteroatoms. The number of alkyl halides is 1. The van der Waals surface area contributed by atoms with Crippen molar-refractivity contribution in [3.05, 3.63) is 23.3 Å². The summed E-state index contributed by atoms with van der Waals surface area (Å²) in [4.78, 5) is -0.0882. The highest BCUT2D eigenvalue weighted by molar-refractivity contribution is 9.09. The second-order valence-corrected chi connectivity index (χ2v) is 4.64. The van der Waals surface area contributed by atoms with Gasteiger partial charge in [0, 0.05) is 0 Å². The van der Waals surface area contributed by atoms with Crippen LogP contribution in [-0.2, 0) is 6.42 Å². The number of nitrogens with two attached hydrogens (primary N) is 2. The van der Waals surface area contributed by atoms with Crippen LogP contribution in [0.2, 0.25) is 0 Å². The molecule has 76 valence electrons. The van der Waals surface area contributed by atoms with Crippen LogP contribution < -0.4 is 11.5 Å². The Morgan fingerprint density at radius 2 is 2.07 bits per heavy atom. The smallest absolute Gasteiger partial charge is 0.0710 e. The van der Waals surface area contributed by atoms with Crippen LogP contribution in [0.5, 0.6) is 0 Å². The minimum Gasteiger partial charge on any atom is -0.397 e. The van der Waals surface area contributed by atoms with Gasteiger partial charge in [-0.2, -0.15) is 0 Å². The fourth-order valence-corrected chi connectivity index (χ4v) is 2.69. The van der Waals surface area contributed by atoms with Crippen molar-refractivity contribution in [2.75, 3.05) is 11.5 Å². The monoisotopic (exact) mass is 256 g/mol. The molecule has 0 amide bonds. The van der Waals surface area contributed by atoms with E-state index in [0.29, 0.717) is 11.4 Å². The Balaban J connectivity index is 2.56. The van der Waals surface area contributed by atoms with Crippen molar-refractivity contribution in [2.45, 2.75) is 23.8 Å². The molecule has 0 aliphatic heterocycles. The number of anilines is 2. The van der Waals surface area contributed by atoms with Crippen molar-refractivity contribution in [1.82, 2.24) is 0 Å². The van der Waals surface area contributed by atoms with E-state index in [-0.39, 0.29) is 10.9 Å². The standard InChI is InChI=1S/C10H13BrN2O/c11-9-7(14)4-2-5-1-3-6(12)10(13)8(5)9/h1,3,7,9,14H,2,4,12-13H2. The summed E-state index contributed by atoms with van der Waals surface area (Å²) in [5, 5.41) is 9.70. The number of rotatable bonds is 0. The van der Waals surface area contributed by atoms with E-state index in [4.69, 9.17) is 11.5 Å². The van der Waals surface area contributed by atoms with E-state index in [2.05, 4.69) is 15.9 Å². The summed E-state index contributed by atoms with van der Waals surface area (Å²) in [6, 6.07) is 3.81. The summed E-state index contributed by atoms with van der Waals surface area (Å²) in [7, 11) is 0. The molecule has 14 heavy (non-hydrogen) atoms. The van der Waals surface area contributed by atoms with E-state index in [1.54, 1.807) is 0 Å². The molecular formula is C10H13BrN2O. The minimum atomic E-state index is -0.369. The van der Waals surface area contributed by atoms with Gasteiger partial charge in [0.2, 0.25) is 0 Å². The quantitative estimate of drug-likeness (QED) is 0.488. The SMILES string of the molecule is Nc1ccc2c(c1N)C(Br)C(O)CC2. The van der Waals surface area contributed by atoms with Gasteiger partial charge in [-0.3, -0.25) is 0 Å². The molecular weight excluding hydrogens is 244 g/mol. The van der Waals surface area contributed by atoms with Gasteiger partial charge in [0.05, 0.1) is 22.3 Å². The maximum Gasteiger partial charge on any atom is 0.0710 e. The zero-order valence-electron chi connectivity index (χ0n) is 7.70. The minimum absolute atomic E-state index is 0.0882. The summed E-state index contributed by atoms with van der Waals surface area (Å²) in [5.74, 6) is 0. The molecule has 0 spiro atoms. The molecule has 0 heterocycles. The number of fused-ring (bicyclic) bond motifs is 1. The molecule has 2 rings (SSSR count). The highest BCUT2D eigenvalue weighted by Crippen LogP contribution is 2.41. The molecule has 0 bridgehead atoms. The lowest BCUT2D eigenvalue weighted by atomic mass is 9.88. The van der Waals surface area contributed by atoms with Crippen molar-refractivity contribution < 1.29 is 5.11 Å². The summed E-state index contributed by atoms with van der Waals surface area (Å²) in [5.41, 5.74) is 14.9. The first kappa shape index (κ1) is 9.80. The number of hydrogen-bond donors (Lipinski definition) is 3. The van der Waals surface area contributed by atoms with Gasteiger partial charge in [-0.25, -0.2) is 0 Å². The van der Waals surface area contributed by atoms with Crippen molar-refractivity contribution in [1.29, 1.82) is 0 Å². The topological polar surface area (TPSA) is 72.3 Å². The normalized spacial score (nSPS) is 25.9. The van der Waals surface area contributed by atoms with E-state index >= 15 is 0 Å². The van der Waals surface area contributed by atoms with E-state index < -0.39 is 0 Å². The van der Waals surface area contributed by atoms with E-state index in [1.165, 1.54) is 5.56 Å². The number of aliphatic hydroxyl groups excluding tert-OH is 1. The van der Waals surface area contributed by atoms with Gasteiger partial charge in [0.1, 0.15) is 0 Å². The first-order chi connectivity index (χ1) is 6.61. The Labute approximate surface area is 91.2 Å². The predicted octanol–water partition coefficient (Wildman–Crippen LogP) is 1.59. The number of benzene rings is 1. The van der Waals surface area contributed by atoms with Gasteiger partial charge < -0.3 is 16.6 Å². The highest BCUT2D eigenvalue weighted by atomic mass is 79.9. The molecule has 1 aromatic rings. The lowest BCUT2D eigenvalue weighted by Gasteiger charge is -2.28. The Morgan fingerprint density at radius 3 is 2.79 bits per heavy atom. The molecule has 0 saturated carbocycles. The van der Waals surface area contributed by atoms with Crippen LogP contribution in [0.15, 0.2) is 12.1 Å². The van der Waals surface area contributed by atoms with Gasteiger partial charge in [0.15, 0.2) is 0 Å². The average molecular weight is 257 g/mol. The molecule has 0 radical (unpaired) electrons. The molecule has 2 unspecified atom stereocenters. The Bertz CT molecular complexity index is 367. The predicted molar refractivity (Wildman–Crippen MR) is 61.3 cm³/mol. The first-order valence-electron chi connectivity index (χ1n) is 4.60. The van der Waals surface area contributed by atoms with Crippen LogP contribution in [0.1, 0.15) is 22.4 Å². The van der Waals surface area contributed by atoms with Crippen molar-refractivity contribution in [3.63, 3.8) is 0 Å². The third kappa shape index (κ3) is 1.38. The maximum absolute atomic E-state index is 9.70. The van der Waals surface area contributed by atoms with E-state index in [1.807, 2.05) is 12.1 Å². The molecule has 0 aromatic heterocycles. The molecule has 0 saturated heterocycles. The van der Waals surface area contributed by atoms with Gasteiger partial charge >= 0.3 is 0 Å². The number of nitrogen functional groups attached to an aromatic ring is 2. The van der Waals surface area contributed by atoms with Crippen LogP contribution in [0.25, 0.3) is 0 Å². The largest absolute Gasteiger partial charge is 0.397 e. The lowest BCUT2D eigenvalue weighted by molar-refractivity contribution is 0.157. The van der Waals surface area contributed by atoms with Gasteiger partial charge in [-0.05, 0) is 30.0 Å². The summed E-state index contributed by atoms with van der Waals surface area (Å²) >= 11 is 3.45. The second-order valence-electron chi connectivity index (χ2n) is 3.65. The van der Waals surface area contributed by atoms with Crippen LogP contribution in [0.4, 0.5) is 11.4 Å². The molecule has 1 aromatic carbocycles. The fourth-order valence-electron chi connectivity index (χ4n) is 1.88. The Morgan fingerprint density at radius 1 is 1.36 bits per heavy atom. The van der Waals surface area contributed by atoms with Crippen molar-refractivity contribution >= 4 is 27.3 Å². The average Bonchev–Trinajstić information content (AvgIpc) is 2.17. The number of aliphatic hydroxyl groups is 1. The van der Waals surface area contributed by atoms with Gasteiger partial charge in [-0.1, -0.05) is 22.0 Å². The lowest BCUT2D eigenvalue weighted by Crippen LogP contribution is -2.22. The third-order valence-corrected chi connectivity index (χ3v) is 3.80. The molecule has 1 aliphatic carbocycles. The van der Waals surface area contributed by atoms with E-state index in [0.717, 1.165) is 18.4 Å². The number of hydrogen-bond acceptors (Lipinski definition) is 3. The number of aryl methyl sites for hydroxylation is 1. The zero-order valence-corrected chi connectivity index (χ0v) is 9.29. The third-order valence-electron chi connectivity index (χ3n) is 2.73. The van der Waals surface area contributed by atoms with Crippen LogP contribution in [-0.4, -0.2) is 11.2 Å². The Kier molecular flexibility index (Phi) is 2.41. The summed E-state index contributed by atoms with van der Waals surface area (Å²) in [6.45, 7) is 0. The molecule has 2 atom stereocenters. The Hall–Kier alpha value is -0.740. The molecule has 3 nitrogen and oxygen atoms in total. The van der Waals surface area contributed by atoms with Gasteiger partial charge in [-0.15, -0.1) is 0 Å². The second kappa shape index (κ2) is 3.44. The summed E-state index contributed by atoms with van der Waals surface area (Å²) < 4.78 is 0. The highest BCUT2D eigenvalue weighted by Gasteiger charge is 2.28. The summed E-state index contributed by atoms with van der Waals surface area (Å²) in [6.07, 6.45) is 1.27. The zero-order chi connectivity index (χ0) is 10.3. The van der Waals surface area contributed by atoms with Crippen molar-refractivity contribution in [2.24, 2.45) is 0 Å². The molecule has 1 aliphatic rings. The number of halogens is 1. The van der Waals surface area contributed by atoms with Gasteiger partial charge in [0.25, 0.3) is 0 Å². The van der Waals surface area contributed by atoms with Crippen LogP contribution >= 0.6 is 15.9 Å². The molecule has 5 N–H and O–H groups in total.